The first kappa shape index (κ1) is 9.59. The zero-order valence-corrected chi connectivity index (χ0v) is 8.68. The van der Waals surface area contributed by atoms with E-state index in [1.807, 2.05) is 6.07 Å². The number of imidazole rings is 1. The lowest BCUT2D eigenvalue weighted by atomic mass is 10.2. The Morgan fingerprint density at radius 2 is 2.29 bits per heavy atom. The van der Waals surface area contributed by atoms with Crippen LogP contribution in [0.5, 0.6) is 5.75 Å². The van der Waals surface area contributed by atoms with E-state index in [2.05, 4.69) is 20.2 Å². The van der Waals surface area contributed by atoms with E-state index in [9.17, 15) is 4.79 Å². The number of nitrogens with one attached hydrogen (secondary N) is 2. The van der Waals surface area contributed by atoms with Crippen molar-refractivity contribution in [2.45, 2.75) is 0 Å². The molecule has 1 aromatic carbocycles. The fraction of sp³-hybridized carbons (Fsp3) is 0. The smallest absolute Gasteiger partial charge is 0.345 e. The number of benzene rings is 1. The van der Waals surface area contributed by atoms with Gasteiger partial charge in [0.1, 0.15) is 5.52 Å². The highest BCUT2D eigenvalue weighted by Crippen LogP contribution is 2.17. The number of H-pyrrole nitrogens is 2. The number of esters is 1. The molecule has 3 aromatic rings. The summed E-state index contributed by atoms with van der Waals surface area (Å²) in [6, 6.07) is 5.29. The summed E-state index contributed by atoms with van der Waals surface area (Å²) in [6.07, 6.45) is 4.48. The monoisotopic (exact) mass is 228 g/mol. The molecule has 17 heavy (non-hydrogen) atoms. The van der Waals surface area contributed by atoms with Crippen LogP contribution in [0.4, 0.5) is 0 Å². The van der Waals surface area contributed by atoms with Crippen LogP contribution in [0.15, 0.2) is 36.9 Å². The van der Waals surface area contributed by atoms with Crippen LogP contribution in [0.25, 0.3) is 11.0 Å². The zero-order valence-electron chi connectivity index (χ0n) is 8.68. The SMILES string of the molecule is O=C(Oc1cn[nH]c1)c1cccc2[nH]cnc12. The molecule has 0 aliphatic carbocycles. The maximum absolute atomic E-state index is 11.9. The molecule has 0 unspecified atom stereocenters. The van der Waals surface area contributed by atoms with Crippen molar-refractivity contribution in [1.82, 2.24) is 20.2 Å². The third kappa shape index (κ3) is 1.65. The Morgan fingerprint density at radius 1 is 1.35 bits per heavy atom. The summed E-state index contributed by atoms with van der Waals surface area (Å²) in [7, 11) is 0. The molecule has 2 N–H and O–H groups in total. The minimum atomic E-state index is -0.455. The lowest BCUT2D eigenvalue weighted by molar-refractivity contribution is 0.0736. The summed E-state index contributed by atoms with van der Waals surface area (Å²) in [5, 5.41) is 6.27. The second-order valence-electron chi connectivity index (χ2n) is 3.43. The van der Waals surface area contributed by atoms with E-state index < -0.39 is 5.97 Å². The predicted molar refractivity (Wildman–Crippen MR) is 59.6 cm³/mol. The number of fused-ring (bicyclic) bond motifs is 1. The third-order valence-electron chi connectivity index (χ3n) is 2.35. The summed E-state index contributed by atoms with van der Waals surface area (Å²) in [5.74, 6) is -0.0772. The van der Waals surface area contributed by atoms with Gasteiger partial charge in [-0.3, -0.25) is 5.10 Å². The van der Waals surface area contributed by atoms with Gasteiger partial charge in [-0.25, -0.2) is 9.78 Å². The van der Waals surface area contributed by atoms with Crippen LogP contribution in [0.3, 0.4) is 0 Å². The Morgan fingerprint density at radius 3 is 3.12 bits per heavy atom. The van der Waals surface area contributed by atoms with Gasteiger partial charge in [0.05, 0.1) is 29.8 Å². The van der Waals surface area contributed by atoms with Gasteiger partial charge in [0.15, 0.2) is 5.75 Å². The summed E-state index contributed by atoms with van der Waals surface area (Å²) >= 11 is 0. The van der Waals surface area contributed by atoms with Gasteiger partial charge in [-0.1, -0.05) is 6.07 Å². The van der Waals surface area contributed by atoms with Gasteiger partial charge in [-0.2, -0.15) is 5.10 Å². The normalized spacial score (nSPS) is 10.6. The molecule has 0 amide bonds. The summed E-state index contributed by atoms with van der Waals surface area (Å²) in [6.45, 7) is 0. The van der Waals surface area contributed by atoms with Gasteiger partial charge in [0.2, 0.25) is 0 Å². The molecule has 6 heteroatoms. The first-order chi connectivity index (χ1) is 8.34. The van der Waals surface area contributed by atoms with E-state index in [1.54, 1.807) is 18.5 Å². The Hall–Kier alpha value is -2.63. The minimum Gasteiger partial charge on any atom is -0.420 e. The molecule has 2 aromatic heterocycles. The summed E-state index contributed by atoms with van der Waals surface area (Å²) in [4.78, 5) is 18.9. The number of aromatic nitrogens is 4. The lowest BCUT2D eigenvalue weighted by Gasteiger charge is -2.01. The third-order valence-corrected chi connectivity index (χ3v) is 2.35. The van der Waals surface area contributed by atoms with Crippen molar-refractivity contribution in [2.75, 3.05) is 0 Å². The number of nitrogens with zero attached hydrogens (tertiary/aromatic N) is 2. The number of carbonyl (C=O) groups excluding carboxylic acids is 1. The molecule has 0 aliphatic heterocycles. The summed E-state index contributed by atoms with van der Waals surface area (Å²) < 4.78 is 5.13. The molecule has 3 rings (SSSR count). The van der Waals surface area contributed by atoms with Gasteiger partial charge >= 0.3 is 5.97 Å². The first-order valence-corrected chi connectivity index (χ1v) is 4.97. The van der Waals surface area contributed by atoms with E-state index in [-0.39, 0.29) is 0 Å². The van der Waals surface area contributed by atoms with Gasteiger partial charge in [-0.15, -0.1) is 0 Å². The lowest BCUT2D eigenvalue weighted by Crippen LogP contribution is -2.08. The molecule has 0 atom stereocenters. The average molecular weight is 228 g/mol. The molecule has 2 heterocycles. The van der Waals surface area contributed by atoms with Crippen molar-refractivity contribution in [1.29, 1.82) is 0 Å². The molecule has 0 spiro atoms. The molecule has 84 valence electrons. The largest absolute Gasteiger partial charge is 0.420 e. The molecule has 0 fully saturated rings. The Balaban J connectivity index is 1.98. The number of ether oxygens (including phenoxy) is 1. The van der Waals surface area contributed by atoms with Crippen molar-refractivity contribution in [2.24, 2.45) is 0 Å². The van der Waals surface area contributed by atoms with E-state index >= 15 is 0 Å². The Bertz CT molecular complexity index is 657. The van der Waals surface area contributed by atoms with Crippen LogP contribution < -0.4 is 4.74 Å². The molecule has 0 bridgehead atoms. The van der Waals surface area contributed by atoms with Gasteiger partial charge < -0.3 is 9.72 Å². The quantitative estimate of drug-likeness (QED) is 0.651. The van der Waals surface area contributed by atoms with Gasteiger partial charge in [0, 0.05) is 0 Å². The van der Waals surface area contributed by atoms with Gasteiger partial charge in [0.25, 0.3) is 0 Å². The number of para-hydroxylation sites is 1. The predicted octanol–water partition coefficient (Wildman–Crippen LogP) is 1.51. The van der Waals surface area contributed by atoms with Crippen molar-refractivity contribution < 1.29 is 9.53 Å². The second kappa shape index (κ2) is 3.75. The van der Waals surface area contributed by atoms with Crippen LogP contribution in [-0.2, 0) is 0 Å². The Labute approximate surface area is 95.6 Å². The molecule has 0 radical (unpaired) electrons. The minimum absolute atomic E-state index is 0.377. The van der Waals surface area contributed by atoms with E-state index in [0.717, 1.165) is 5.52 Å². The highest BCUT2D eigenvalue weighted by Gasteiger charge is 2.14. The number of rotatable bonds is 2. The van der Waals surface area contributed by atoms with Crippen LogP contribution in [0.2, 0.25) is 0 Å². The maximum atomic E-state index is 11.9. The Kier molecular flexibility index (Phi) is 2.11. The fourth-order valence-corrected chi connectivity index (χ4v) is 1.59. The van der Waals surface area contributed by atoms with Crippen LogP contribution >= 0.6 is 0 Å². The first-order valence-electron chi connectivity index (χ1n) is 4.97. The van der Waals surface area contributed by atoms with E-state index in [1.165, 1.54) is 12.4 Å². The van der Waals surface area contributed by atoms with Gasteiger partial charge in [-0.05, 0) is 12.1 Å². The van der Waals surface area contributed by atoms with Crippen molar-refractivity contribution in [3.8, 4) is 5.75 Å². The fourth-order valence-electron chi connectivity index (χ4n) is 1.59. The highest BCUT2D eigenvalue weighted by molar-refractivity contribution is 6.02. The van der Waals surface area contributed by atoms with Crippen LogP contribution in [-0.4, -0.2) is 26.1 Å². The molecular formula is C11H8N4O2. The van der Waals surface area contributed by atoms with Crippen molar-refractivity contribution in [3.05, 3.63) is 42.5 Å². The molecule has 6 nitrogen and oxygen atoms in total. The zero-order chi connectivity index (χ0) is 11.7. The van der Waals surface area contributed by atoms with E-state index in [0.29, 0.717) is 16.8 Å². The van der Waals surface area contributed by atoms with Crippen LogP contribution in [0, 0.1) is 0 Å². The van der Waals surface area contributed by atoms with Crippen LogP contribution in [0.1, 0.15) is 10.4 Å². The molecule has 0 saturated heterocycles. The highest BCUT2D eigenvalue weighted by atomic mass is 16.5. The molecular weight excluding hydrogens is 220 g/mol. The second-order valence-corrected chi connectivity index (χ2v) is 3.43. The standard InChI is InChI=1S/C11H8N4O2/c16-11(17-7-4-14-15-5-7)8-2-1-3-9-10(8)13-6-12-9/h1-6H,(H,12,13)(H,14,15). The maximum Gasteiger partial charge on any atom is 0.345 e. The number of hydrogen-bond donors (Lipinski definition) is 2. The molecule has 0 aliphatic rings. The number of carbonyl (C=O) groups is 1. The number of aromatic amines is 2. The number of hydrogen-bond acceptors (Lipinski definition) is 4. The van der Waals surface area contributed by atoms with E-state index in [4.69, 9.17) is 4.74 Å². The van der Waals surface area contributed by atoms with Crippen molar-refractivity contribution >= 4 is 17.0 Å². The summed E-state index contributed by atoms with van der Waals surface area (Å²) in [5.41, 5.74) is 1.82. The topological polar surface area (TPSA) is 83.7 Å². The average Bonchev–Trinajstić information content (AvgIpc) is 2.97. The van der Waals surface area contributed by atoms with Crippen molar-refractivity contribution in [3.63, 3.8) is 0 Å². The molecule has 0 saturated carbocycles.